The first kappa shape index (κ1) is 11.4. The van der Waals surface area contributed by atoms with Crippen LogP contribution >= 0.6 is 0 Å². The molecule has 0 aromatic carbocycles. The highest BCUT2D eigenvalue weighted by Crippen LogP contribution is 2.18. The number of rotatable bonds is 3. The molecule has 3 heteroatoms. The van der Waals surface area contributed by atoms with Gasteiger partial charge in [0.05, 0.1) is 6.04 Å². The van der Waals surface area contributed by atoms with Gasteiger partial charge in [-0.1, -0.05) is 20.8 Å². The van der Waals surface area contributed by atoms with Gasteiger partial charge in [0.1, 0.15) is 0 Å². The quantitative estimate of drug-likeness (QED) is 0.664. The lowest BCUT2D eigenvalue weighted by Gasteiger charge is -2.30. The van der Waals surface area contributed by atoms with Crippen molar-refractivity contribution in [1.82, 2.24) is 5.32 Å². The molecule has 0 saturated heterocycles. The average Bonchev–Trinajstić information content (AvgIpc) is 1.85. The van der Waals surface area contributed by atoms with Gasteiger partial charge in [-0.2, -0.15) is 0 Å². The van der Waals surface area contributed by atoms with E-state index in [1.54, 1.807) is 6.92 Å². The van der Waals surface area contributed by atoms with E-state index in [9.17, 15) is 4.79 Å². The maximum absolute atomic E-state index is 10.7. The Morgan fingerprint density at radius 1 is 1.33 bits per heavy atom. The smallest absolute Gasteiger partial charge is 0.234 e. The number of amides is 1. The Morgan fingerprint density at radius 2 is 1.75 bits per heavy atom. The van der Waals surface area contributed by atoms with Gasteiger partial charge >= 0.3 is 0 Å². The number of hydrogen-bond acceptors (Lipinski definition) is 2. The van der Waals surface area contributed by atoms with Crippen LogP contribution in [0.25, 0.3) is 0 Å². The molecule has 3 nitrogen and oxygen atoms in total. The van der Waals surface area contributed by atoms with Gasteiger partial charge in [-0.05, 0) is 19.3 Å². The lowest BCUT2D eigenvalue weighted by Crippen LogP contribution is -2.48. The summed E-state index contributed by atoms with van der Waals surface area (Å²) >= 11 is 0. The molecular weight excluding hydrogens is 152 g/mol. The summed E-state index contributed by atoms with van der Waals surface area (Å²) in [6.07, 6.45) is 0. The van der Waals surface area contributed by atoms with E-state index < -0.39 is 0 Å². The van der Waals surface area contributed by atoms with Crippen molar-refractivity contribution >= 4 is 5.91 Å². The third kappa shape index (κ3) is 3.72. The van der Waals surface area contributed by atoms with Gasteiger partial charge in [0, 0.05) is 6.04 Å². The van der Waals surface area contributed by atoms with Crippen LogP contribution in [0.1, 0.15) is 34.6 Å². The second-order valence-electron chi connectivity index (χ2n) is 4.38. The number of primary amides is 1. The van der Waals surface area contributed by atoms with Crippen LogP contribution in [0.5, 0.6) is 0 Å². The van der Waals surface area contributed by atoms with Gasteiger partial charge in [0.2, 0.25) is 5.91 Å². The van der Waals surface area contributed by atoms with E-state index in [-0.39, 0.29) is 23.4 Å². The Morgan fingerprint density at radius 3 is 2.00 bits per heavy atom. The summed E-state index contributed by atoms with van der Waals surface area (Å²) in [5.41, 5.74) is 5.28. The molecule has 0 saturated carbocycles. The summed E-state index contributed by atoms with van der Waals surface area (Å²) in [5, 5.41) is 3.14. The fourth-order valence-corrected chi connectivity index (χ4v) is 0.707. The molecule has 72 valence electrons. The predicted octanol–water partition coefficient (Wildman–Crippen LogP) is 0.884. The van der Waals surface area contributed by atoms with Crippen molar-refractivity contribution in [2.24, 2.45) is 11.1 Å². The third-order valence-corrected chi connectivity index (χ3v) is 2.23. The molecule has 0 fully saturated rings. The van der Waals surface area contributed by atoms with Crippen molar-refractivity contribution in [1.29, 1.82) is 0 Å². The number of carbonyl (C=O) groups excluding carboxylic acids is 1. The molecule has 3 N–H and O–H groups in total. The van der Waals surface area contributed by atoms with Crippen molar-refractivity contribution in [3.8, 4) is 0 Å². The van der Waals surface area contributed by atoms with Crippen molar-refractivity contribution in [3.05, 3.63) is 0 Å². The normalized spacial score (nSPS) is 17.1. The molecule has 1 amide bonds. The van der Waals surface area contributed by atoms with Gasteiger partial charge < -0.3 is 11.1 Å². The van der Waals surface area contributed by atoms with E-state index in [0.29, 0.717) is 0 Å². The zero-order chi connectivity index (χ0) is 9.94. The Kier molecular flexibility index (Phi) is 3.71. The summed E-state index contributed by atoms with van der Waals surface area (Å²) < 4.78 is 0. The molecule has 12 heavy (non-hydrogen) atoms. The predicted molar refractivity (Wildman–Crippen MR) is 50.7 cm³/mol. The van der Waals surface area contributed by atoms with E-state index in [0.717, 1.165) is 0 Å². The average molecular weight is 172 g/mol. The first-order chi connectivity index (χ1) is 5.25. The number of nitrogens with one attached hydrogen (secondary N) is 1. The first-order valence-corrected chi connectivity index (χ1v) is 4.30. The van der Waals surface area contributed by atoms with Crippen LogP contribution in [0.3, 0.4) is 0 Å². The van der Waals surface area contributed by atoms with Crippen molar-refractivity contribution in [2.75, 3.05) is 0 Å². The molecule has 0 aliphatic heterocycles. The van der Waals surface area contributed by atoms with Gasteiger partial charge in [-0.25, -0.2) is 0 Å². The molecular formula is C9H20N2O. The Hall–Kier alpha value is -0.570. The molecule has 0 heterocycles. The lowest BCUT2D eigenvalue weighted by molar-refractivity contribution is -0.119. The lowest BCUT2D eigenvalue weighted by atomic mass is 9.87. The third-order valence-electron chi connectivity index (χ3n) is 2.23. The van der Waals surface area contributed by atoms with Gasteiger partial charge in [-0.3, -0.25) is 4.79 Å². The number of nitrogens with two attached hydrogens (primary N) is 1. The molecule has 0 aliphatic rings. The van der Waals surface area contributed by atoms with Crippen molar-refractivity contribution in [2.45, 2.75) is 46.7 Å². The summed E-state index contributed by atoms with van der Waals surface area (Å²) in [7, 11) is 0. The molecule has 0 bridgehead atoms. The van der Waals surface area contributed by atoms with Gasteiger partial charge in [0.25, 0.3) is 0 Å². The van der Waals surface area contributed by atoms with Crippen LogP contribution in [0.2, 0.25) is 0 Å². The summed E-state index contributed by atoms with van der Waals surface area (Å²) in [6.45, 7) is 10.2. The Labute approximate surface area is 74.7 Å². The SMILES string of the molecule is CC(NC(C)C(C)(C)C)C(N)=O. The summed E-state index contributed by atoms with van der Waals surface area (Å²) in [4.78, 5) is 10.7. The molecule has 0 aliphatic carbocycles. The monoisotopic (exact) mass is 172 g/mol. The van der Waals surface area contributed by atoms with E-state index >= 15 is 0 Å². The largest absolute Gasteiger partial charge is 0.368 e. The highest BCUT2D eigenvalue weighted by atomic mass is 16.1. The molecule has 0 spiro atoms. The first-order valence-electron chi connectivity index (χ1n) is 4.30. The maximum atomic E-state index is 10.7. The minimum atomic E-state index is -0.300. The van der Waals surface area contributed by atoms with Crippen LogP contribution in [0.15, 0.2) is 0 Å². The van der Waals surface area contributed by atoms with Crippen molar-refractivity contribution < 1.29 is 4.79 Å². The van der Waals surface area contributed by atoms with Crippen LogP contribution in [-0.2, 0) is 4.79 Å². The Bertz CT molecular complexity index is 160. The molecule has 2 atom stereocenters. The fourth-order valence-electron chi connectivity index (χ4n) is 0.707. The summed E-state index contributed by atoms with van der Waals surface area (Å²) in [5.74, 6) is -0.300. The van der Waals surface area contributed by atoms with Crippen LogP contribution in [0, 0.1) is 5.41 Å². The molecule has 2 unspecified atom stereocenters. The van der Waals surface area contributed by atoms with Crippen LogP contribution < -0.4 is 11.1 Å². The van der Waals surface area contributed by atoms with E-state index in [1.165, 1.54) is 0 Å². The van der Waals surface area contributed by atoms with Crippen LogP contribution in [0.4, 0.5) is 0 Å². The molecule has 0 aromatic heterocycles. The van der Waals surface area contributed by atoms with E-state index in [4.69, 9.17) is 5.73 Å². The zero-order valence-electron chi connectivity index (χ0n) is 8.64. The van der Waals surface area contributed by atoms with Crippen LogP contribution in [-0.4, -0.2) is 18.0 Å². The fraction of sp³-hybridized carbons (Fsp3) is 0.889. The minimum absolute atomic E-state index is 0.156. The molecule has 0 rings (SSSR count). The second-order valence-corrected chi connectivity index (χ2v) is 4.38. The molecule has 0 aromatic rings. The minimum Gasteiger partial charge on any atom is -0.368 e. The summed E-state index contributed by atoms with van der Waals surface area (Å²) in [6, 6.07) is 0.0271. The standard InChI is InChI=1S/C9H20N2O/c1-6(8(10)12)11-7(2)9(3,4)5/h6-7,11H,1-5H3,(H2,10,12). The van der Waals surface area contributed by atoms with E-state index in [1.807, 2.05) is 0 Å². The number of carbonyl (C=O) groups is 1. The topological polar surface area (TPSA) is 55.1 Å². The zero-order valence-corrected chi connectivity index (χ0v) is 8.64. The second kappa shape index (κ2) is 3.90. The number of hydrogen-bond donors (Lipinski definition) is 2. The van der Waals surface area contributed by atoms with E-state index in [2.05, 4.69) is 33.0 Å². The van der Waals surface area contributed by atoms with Crippen molar-refractivity contribution in [3.63, 3.8) is 0 Å². The Balaban J connectivity index is 4.01. The highest BCUT2D eigenvalue weighted by molar-refractivity contribution is 5.79. The van der Waals surface area contributed by atoms with Gasteiger partial charge in [0.15, 0.2) is 0 Å². The highest BCUT2D eigenvalue weighted by Gasteiger charge is 2.22. The molecule has 0 radical (unpaired) electrons. The van der Waals surface area contributed by atoms with Gasteiger partial charge in [-0.15, -0.1) is 0 Å². The maximum Gasteiger partial charge on any atom is 0.234 e.